The van der Waals surface area contributed by atoms with Gasteiger partial charge in [-0.15, -0.1) is 0 Å². The van der Waals surface area contributed by atoms with Crippen molar-refractivity contribution < 1.29 is 0 Å². The smallest absolute Gasteiger partial charge is 0.0418 e. The molecule has 3 rings (SSSR count). The Morgan fingerprint density at radius 1 is 1.21 bits per heavy atom. The van der Waals surface area contributed by atoms with E-state index in [1.165, 1.54) is 30.4 Å². The van der Waals surface area contributed by atoms with E-state index in [1.807, 2.05) is 0 Å². The molecule has 1 aliphatic heterocycles. The standard InChI is InChI=1S/C17H26N2/c1-3-16-9-8-13(2)19(16)17(12-18)10-14-6-4-5-7-15(14)11-17/h4-7,13,16H,3,8-12,18H2,1-2H3. The molecule has 1 aliphatic carbocycles. The van der Waals surface area contributed by atoms with Crippen LogP contribution in [0.3, 0.4) is 0 Å². The molecule has 2 N–H and O–H groups in total. The van der Waals surface area contributed by atoms with Crippen LogP contribution in [0.1, 0.15) is 44.2 Å². The van der Waals surface area contributed by atoms with E-state index in [0.717, 1.165) is 25.4 Å². The molecule has 2 nitrogen and oxygen atoms in total. The molecule has 1 saturated heterocycles. The molecule has 0 spiro atoms. The van der Waals surface area contributed by atoms with Crippen LogP contribution >= 0.6 is 0 Å². The average molecular weight is 258 g/mol. The average Bonchev–Trinajstić information content (AvgIpc) is 2.99. The second-order valence-corrected chi connectivity index (χ2v) is 6.45. The highest BCUT2D eigenvalue weighted by atomic mass is 15.3. The molecule has 2 aliphatic rings. The van der Waals surface area contributed by atoms with Crippen molar-refractivity contribution in [2.45, 2.75) is 63.6 Å². The minimum absolute atomic E-state index is 0.181. The zero-order valence-corrected chi connectivity index (χ0v) is 12.2. The van der Waals surface area contributed by atoms with Gasteiger partial charge in [-0.3, -0.25) is 4.90 Å². The summed E-state index contributed by atoms with van der Waals surface area (Å²) in [6.07, 6.45) is 6.20. The van der Waals surface area contributed by atoms with Crippen molar-refractivity contribution in [2.24, 2.45) is 5.73 Å². The number of likely N-dealkylation sites (tertiary alicyclic amines) is 1. The molecule has 1 aromatic rings. The fraction of sp³-hybridized carbons (Fsp3) is 0.647. The van der Waals surface area contributed by atoms with Crippen LogP contribution in [0.15, 0.2) is 24.3 Å². The summed E-state index contributed by atoms with van der Waals surface area (Å²) in [6, 6.07) is 10.3. The van der Waals surface area contributed by atoms with E-state index in [4.69, 9.17) is 5.73 Å². The molecular weight excluding hydrogens is 232 g/mol. The van der Waals surface area contributed by atoms with Gasteiger partial charge in [0.25, 0.3) is 0 Å². The molecule has 1 heterocycles. The minimum Gasteiger partial charge on any atom is -0.329 e. The van der Waals surface area contributed by atoms with Crippen molar-refractivity contribution in [3.63, 3.8) is 0 Å². The van der Waals surface area contributed by atoms with Gasteiger partial charge in [-0.1, -0.05) is 31.2 Å². The Hall–Kier alpha value is -0.860. The third-order valence-corrected chi connectivity index (χ3v) is 5.34. The van der Waals surface area contributed by atoms with E-state index in [1.54, 1.807) is 0 Å². The van der Waals surface area contributed by atoms with Gasteiger partial charge in [-0.2, -0.15) is 0 Å². The molecule has 2 unspecified atom stereocenters. The lowest BCUT2D eigenvalue weighted by molar-refractivity contribution is 0.0530. The van der Waals surface area contributed by atoms with Crippen LogP contribution in [0.4, 0.5) is 0 Å². The normalized spacial score (nSPS) is 29.6. The van der Waals surface area contributed by atoms with Crippen LogP contribution in [0, 0.1) is 0 Å². The second kappa shape index (κ2) is 4.92. The maximum atomic E-state index is 6.27. The Morgan fingerprint density at radius 3 is 2.37 bits per heavy atom. The molecule has 0 amide bonds. The van der Waals surface area contributed by atoms with Crippen molar-refractivity contribution in [3.05, 3.63) is 35.4 Å². The molecule has 104 valence electrons. The van der Waals surface area contributed by atoms with Crippen LogP contribution in [-0.2, 0) is 12.8 Å². The molecule has 0 bridgehead atoms. The van der Waals surface area contributed by atoms with Gasteiger partial charge in [0.15, 0.2) is 0 Å². The summed E-state index contributed by atoms with van der Waals surface area (Å²) in [5, 5.41) is 0. The summed E-state index contributed by atoms with van der Waals surface area (Å²) in [7, 11) is 0. The van der Waals surface area contributed by atoms with Crippen LogP contribution in [0.2, 0.25) is 0 Å². The predicted molar refractivity (Wildman–Crippen MR) is 80.2 cm³/mol. The molecule has 0 saturated carbocycles. The topological polar surface area (TPSA) is 29.3 Å². The molecule has 0 aromatic heterocycles. The lowest BCUT2D eigenvalue weighted by Gasteiger charge is -2.44. The number of nitrogens with two attached hydrogens (primary N) is 1. The summed E-state index contributed by atoms with van der Waals surface area (Å²) in [4.78, 5) is 2.77. The summed E-state index contributed by atoms with van der Waals surface area (Å²) < 4.78 is 0. The van der Waals surface area contributed by atoms with Gasteiger partial charge in [-0.25, -0.2) is 0 Å². The highest BCUT2D eigenvalue weighted by molar-refractivity contribution is 5.37. The minimum atomic E-state index is 0.181. The third-order valence-electron chi connectivity index (χ3n) is 5.34. The second-order valence-electron chi connectivity index (χ2n) is 6.45. The van der Waals surface area contributed by atoms with Gasteiger partial charge in [0, 0.05) is 24.2 Å². The first kappa shape index (κ1) is 13.1. The predicted octanol–water partition coefficient (Wildman–Crippen LogP) is 2.75. The molecule has 1 fully saturated rings. The Balaban J connectivity index is 1.93. The van der Waals surface area contributed by atoms with Gasteiger partial charge in [0.2, 0.25) is 0 Å². The van der Waals surface area contributed by atoms with Crippen LogP contribution in [0.25, 0.3) is 0 Å². The Labute approximate surface area is 117 Å². The van der Waals surface area contributed by atoms with E-state index < -0.39 is 0 Å². The summed E-state index contributed by atoms with van der Waals surface area (Å²) in [5.74, 6) is 0. The first-order valence-corrected chi connectivity index (χ1v) is 7.75. The van der Waals surface area contributed by atoms with Crippen molar-refractivity contribution in [3.8, 4) is 0 Å². The van der Waals surface area contributed by atoms with Gasteiger partial charge >= 0.3 is 0 Å². The van der Waals surface area contributed by atoms with Crippen molar-refractivity contribution in [1.82, 2.24) is 4.90 Å². The molecule has 2 atom stereocenters. The quantitative estimate of drug-likeness (QED) is 0.903. The van der Waals surface area contributed by atoms with Gasteiger partial charge < -0.3 is 5.73 Å². The lowest BCUT2D eigenvalue weighted by Crippen LogP contribution is -2.58. The Morgan fingerprint density at radius 2 is 1.84 bits per heavy atom. The van der Waals surface area contributed by atoms with Crippen LogP contribution in [0.5, 0.6) is 0 Å². The number of rotatable bonds is 3. The first-order chi connectivity index (χ1) is 9.20. The summed E-state index contributed by atoms with van der Waals surface area (Å²) in [5.41, 5.74) is 9.48. The van der Waals surface area contributed by atoms with E-state index in [2.05, 4.69) is 43.0 Å². The zero-order chi connectivity index (χ0) is 13.5. The van der Waals surface area contributed by atoms with E-state index >= 15 is 0 Å². The van der Waals surface area contributed by atoms with Crippen molar-refractivity contribution >= 4 is 0 Å². The Bertz CT molecular complexity index is 429. The van der Waals surface area contributed by atoms with Gasteiger partial charge in [0.05, 0.1) is 0 Å². The molecule has 2 heteroatoms. The maximum Gasteiger partial charge on any atom is 0.0418 e. The molecule has 0 radical (unpaired) electrons. The maximum absolute atomic E-state index is 6.27. The number of hydrogen-bond donors (Lipinski definition) is 1. The highest BCUT2D eigenvalue weighted by Gasteiger charge is 2.47. The van der Waals surface area contributed by atoms with E-state index in [0.29, 0.717) is 6.04 Å². The van der Waals surface area contributed by atoms with Gasteiger partial charge in [-0.05, 0) is 50.2 Å². The number of fused-ring (bicyclic) bond motifs is 1. The highest BCUT2D eigenvalue weighted by Crippen LogP contribution is 2.41. The number of hydrogen-bond acceptors (Lipinski definition) is 2. The van der Waals surface area contributed by atoms with E-state index in [9.17, 15) is 0 Å². The van der Waals surface area contributed by atoms with E-state index in [-0.39, 0.29) is 5.54 Å². The lowest BCUT2D eigenvalue weighted by atomic mass is 9.91. The fourth-order valence-electron chi connectivity index (χ4n) is 4.43. The zero-order valence-electron chi connectivity index (χ0n) is 12.2. The molecule has 1 aromatic carbocycles. The van der Waals surface area contributed by atoms with Crippen LogP contribution in [-0.4, -0.2) is 29.1 Å². The van der Waals surface area contributed by atoms with Gasteiger partial charge in [0.1, 0.15) is 0 Å². The fourth-order valence-corrected chi connectivity index (χ4v) is 4.43. The number of nitrogens with zero attached hydrogens (tertiary/aromatic N) is 1. The number of benzene rings is 1. The molecule has 19 heavy (non-hydrogen) atoms. The van der Waals surface area contributed by atoms with Crippen molar-refractivity contribution in [2.75, 3.05) is 6.54 Å². The molecular formula is C17H26N2. The summed E-state index contributed by atoms with van der Waals surface area (Å²) >= 11 is 0. The largest absolute Gasteiger partial charge is 0.329 e. The van der Waals surface area contributed by atoms with Crippen LogP contribution < -0.4 is 5.73 Å². The monoisotopic (exact) mass is 258 g/mol. The Kier molecular flexibility index (Phi) is 3.40. The SMILES string of the molecule is CCC1CCC(C)N1C1(CN)Cc2ccccc2C1. The van der Waals surface area contributed by atoms with Crippen molar-refractivity contribution in [1.29, 1.82) is 0 Å². The summed E-state index contributed by atoms with van der Waals surface area (Å²) in [6.45, 7) is 5.49. The third kappa shape index (κ3) is 2.02. The first-order valence-electron chi connectivity index (χ1n) is 7.75.